The minimum absolute atomic E-state index is 0.0283. The van der Waals surface area contributed by atoms with Crippen molar-refractivity contribution in [3.05, 3.63) is 23.9 Å². The van der Waals surface area contributed by atoms with Crippen molar-refractivity contribution in [1.82, 2.24) is 14.8 Å². The molecule has 2 saturated heterocycles. The lowest BCUT2D eigenvalue weighted by Crippen LogP contribution is -2.51. The molecule has 1 aromatic rings. The van der Waals surface area contributed by atoms with Crippen molar-refractivity contribution in [2.24, 2.45) is 0 Å². The van der Waals surface area contributed by atoms with Crippen molar-refractivity contribution in [3.63, 3.8) is 0 Å². The largest absolute Gasteiger partial charge is 0.444 e. The third kappa shape index (κ3) is 3.09. The molecule has 2 aliphatic heterocycles. The van der Waals surface area contributed by atoms with E-state index in [1.165, 1.54) is 6.20 Å². The molecule has 23 heavy (non-hydrogen) atoms. The molecule has 0 spiro atoms. The first kappa shape index (κ1) is 15.6. The quantitative estimate of drug-likeness (QED) is 0.847. The highest BCUT2D eigenvalue weighted by atomic mass is 16.6. The molecule has 124 valence electrons. The van der Waals surface area contributed by atoms with Crippen molar-refractivity contribution in [2.75, 3.05) is 18.8 Å². The summed E-state index contributed by atoms with van der Waals surface area (Å²) in [5, 5.41) is 0. The zero-order valence-electron chi connectivity index (χ0n) is 13.7. The number of likely N-dealkylation sites (tertiary alicyclic amines) is 2. The lowest BCUT2D eigenvalue weighted by atomic mass is 10.2. The van der Waals surface area contributed by atoms with Gasteiger partial charge in [0.2, 0.25) is 0 Å². The number of fused-ring (bicyclic) bond motifs is 2. The van der Waals surface area contributed by atoms with Crippen molar-refractivity contribution in [1.29, 1.82) is 0 Å². The van der Waals surface area contributed by atoms with E-state index in [0.29, 0.717) is 24.5 Å². The molecule has 0 radical (unpaired) electrons. The number of nitrogen functional groups attached to an aromatic ring is 1. The molecule has 2 N–H and O–H groups in total. The van der Waals surface area contributed by atoms with E-state index in [2.05, 4.69) is 4.98 Å². The van der Waals surface area contributed by atoms with Crippen LogP contribution in [0.3, 0.4) is 0 Å². The average Bonchev–Trinajstić information content (AvgIpc) is 3.05. The predicted octanol–water partition coefficient (Wildman–Crippen LogP) is 1.50. The topological polar surface area (TPSA) is 88.8 Å². The van der Waals surface area contributed by atoms with Crippen LogP contribution < -0.4 is 5.73 Å². The van der Waals surface area contributed by atoms with Gasteiger partial charge in [0.15, 0.2) is 0 Å². The standard InChI is InChI=1S/C16H22N4O3/c1-16(2,3)23-15(22)20-9-11-6-12(20)8-19(11)14(21)10-4-5-13(17)18-7-10/h4-5,7,11-12H,6,8-9H2,1-3H3,(H2,17,18). The van der Waals surface area contributed by atoms with Gasteiger partial charge in [-0.2, -0.15) is 0 Å². The van der Waals surface area contributed by atoms with E-state index in [-0.39, 0.29) is 24.1 Å². The number of aromatic nitrogens is 1. The number of rotatable bonds is 1. The van der Waals surface area contributed by atoms with E-state index in [9.17, 15) is 9.59 Å². The number of hydrogen-bond acceptors (Lipinski definition) is 5. The number of piperazine rings is 1. The average molecular weight is 318 g/mol. The van der Waals surface area contributed by atoms with E-state index >= 15 is 0 Å². The molecule has 7 heteroatoms. The minimum Gasteiger partial charge on any atom is -0.444 e. The normalized spacial score (nSPS) is 23.3. The number of carbonyl (C=O) groups excluding carboxylic acids is 2. The smallest absolute Gasteiger partial charge is 0.410 e. The molecule has 2 amide bonds. The van der Waals surface area contributed by atoms with Crippen LogP contribution in [0.5, 0.6) is 0 Å². The predicted molar refractivity (Wildman–Crippen MR) is 84.8 cm³/mol. The Labute approximate surface area is 135 Å². The van der Waals surface area contributed by atoms with Crippen LogP contribution in [0.1, 0.15) is 37.6 Å². The van der Waals surface area contributed by atoms with E-state index in [4.69, 9.17) is 10.5 Å². The Morgan fingerprint density at radius 1 is 1.22 bits per heavy atom. The lowest BCUT2D eigenvalue weighted by Gasteiger charge is -2.35. The number of amides is 2. The molecular weight excluding hydrogens is 296 g/mol. The Hall–Kier alpha value is -2.31. The first-order chi connectivity index (χ1) is 10.7. The third-order valence-corrected chi connectivity index (χ3v) is 4.16. The molecule has 0 aromatic carbocycles. The first-order valence-corrected chi connectivity index (χ1v) is 7.77. The molecule has 2 bridgehead atoms. The summed E-state index contributed by atoms with van der Waals surface area (Å²) in [5.41, 5.74) is 5.56. The van der Waals surface area contributed by atoms with Gasteiger partial charge in [-0.25, -0.2) is 9.78 Å². The number of carbonyl (C=O) groups is 2. The summed E-state index contributed by atoms with van der Waals surface area (Å²) < 4.78 is 5.43. The van der Waals surface area contributed by atoms with Crippen LogP contribution in [0.2, 0.25) is 0 Å². The number of anilines is 1. The van der Waals surface area contributed by atoms with Crippen molar-refractivity contribution in [3.8, 4) is 0 Å². The van der Waals surface area contributed by atoms with Crippen LogP contribution in [0.4, 0.5) is 10.6 Å². The van der Waals surface area contributed by atoms with Gasteiger partial charge in [-0.05, 0) is 39.3 Å². The van der Waals surface area contributed by atoms with Gasteiger partial charge in [-0.1, -0.05) is 0 Å². The SMILES string of the molecule is CC(C)(C)OC(=O)N1CC2CC1CN2C(=O)c1ccc(N)nc1. The van der Waals surface area contributed by atoms with Gasteiger partial charge in [0.1, 0.15) is 11.4 Å². The van der Waals surface area contributed by atoms with Gasteiger partial charge < -0.3 is 20.3 Å². The van der Waals surface area contributed by atoms with Gasteiger partial charge in [-0.15, -0.1) is 0 Å². The van der Waals surface area contributed by atoms with Crippen molar-refractivity contribution >= 4 is 17.8 Å². The van der Waals surface area contributed by atoms with E-state index in [1.807, 2.05) is 25.7 Å². The highest BCUT2D eigenvalue weighted by Gasteiger charge is 2.48. The zero-order chi connectivity index (χ0) is 16.8. The maximum absolute atomic E-state index is 12.6. The molecule has 2 aliphatic rings. The monoisotopic (exact) mass is 318 g/mol. The van der Waals surface area contributed by atoms with E-state index < -0.39 is 5.60 Å². The van der Waals surface area contributed by atoms with Gasteiger partial charge in [0.25, 0.3) is 5.91 Å². The molecule has 3 heterocycles. The summed E-state index contributed by atoms with van der Waals surface area (Å²) in [6.07, 6.45) is 1.99. The van der Waals surface area contributed by atoms with Crippen LogP contribution in [-0.2, 0) is 4.74 Å². The molecule has 1 aromatic heterocycles. The molecule has 0 saturated carbocycles. The number of ether oxygens (including phenoxy) is 1. The van der Waals surface area contributed by atoms with E-state index in [0.717, 1.165) is 6.42 Å². The second-order valence-electron chi connectivity index (χ2n) is 7.11. The fourth-order valence-electron chi connectivity index (χ4n) is 3.16. The van der Waals surface area contributed by atoms with Gasteiger partial charge in [-0.3, -0.25) is 4.79 Å². The molecule has 2 fully saturated rings. The zero-order valence-corrected chi connectivity index (χ0v) is 13.7. The van der Waals surface area contributed by atoms with Gasteiger partial charge in [0, 0.05) is 19.3 Å². The van der Waals surface area contributed by atoms with E-state index in [1.54, 1.807) is 17.0 Å². The summed E-state index contributed by atoms with van der Waals surface area (Å²) >= 11 is 0. The Kier molecular flexibility index (Phi) is 3.66. The number of nitrogens with two attached hydrogens (primary N) is 1. The molecule has 2 unspecified atom stereocenters. The van der Waals surface area contributed by atoms with Crippen molar-refractivity contribution < 1.29 is 14.3 Å². The summed E-state index contributed by atoms with van der Waals surface area (Å²) in [5.74, 6) is 0.328. The van der Waals surface area contributed by atoms with Gasteiger partial charge in [0.05, 0.1) is 17.6 Å². The number of nitrogens with zero attached hydrogens (tertiary/aromatic N) is 3. The summed E-state index contributed by atoms with van der Waals surface area (Å²) in [6, 6.07) is 3.37. The second-order valence-corrected chi connectivity index (χ2v) is 7.11. The van der Waals surface area contributed by atoms with Crippen LogP contribution in [0.25, 0.3) is 0 Å². The van der Waals surface area contributed by atoms with Crippen molar-refractivity contribution in [2.45, 2.75) is 44.9 Å². The molecule has 0 aliphatic carbocycles. The number of pyridine rings is 1. The summed E-state index contributed by atoms with van der Waals surface area (Å²) in [6.45, 7) is 6.61. The lowest BCUT2D eigenvalue weighted by molar-refractivity contribution is 0.0126. The Bertz CT molecular complexity index is 623. The molecule has 2 atom stereocenters. The maximum Gasteiger partial charge on any atom is 0.410 e. The van der Waals surface area contributed by atoms with Crippen LogP contribution in [-0.4, -0.2) is 57.6 Å². The van der Waals surface area contributed by atoms with Crippen LogP contribution >= 0.6 is 0 Å². The molecule has 7 nitrogen and oxygen atoms in total. The number of hydrogen-bond donors (Lipinski definition) is 1. The summed E-state index contributed by atoms with van der Waals surface area (Å²) in [7, 11) is 0. The molecule has 3 rings (SSSR count). The van der Waals surface area contributed by atoms with Gasteiger partial charge >= 0.3 is 6.09 Å². The fourth-order valence-corrected chi connectivity index (χ4v) is 3.16. The highest BCUT2D eigenvalue weighted by molar-refractivity contribution is 5.94. The van der Waals surface area contributed by atoms with Crippen LogP contribution in [0, 0.1) is 0 Å². The molecular formula is C16H22N4O3. The maximum atomic E-state index is 12.6. The Morgan fingerprint density at radius 3 is 2.39 bits per heavy atom. The van der Waals surface area contributed by atoms with Crippen LogP contribution in [0.15, 0.2) is 18.3 Å². The first-order valence-electron chi connectivity index (χ1n) is 7.77. The fraction of sp³-hybridized carbons (Fsp3) is 0.562. The highest BCUT2D eigenvalue weighted by Crippen LogP contribution is 2.32. The minimum atomic E-state index is -0.510. The second kappa shape index (κ2) is 5.40. The third-order valence-electron chi connectivity index (χ3n) is 4.16. The Morgan fingerprint density at radius 2 is 1.87 bits per heavy atom. The Balaban J connectivity index is 1.65. The summed E-state index contributed by atoms with van der Waals surface area (Å²) in [4.78, 5) is 32.3.